The van der Waals surface area contributed by atoms with Gasteiger partial charge >= 0.3 is 0 Å². The third-order valence-corrected chi connectivity index (χ3v) is 5.17. The molecule has 0 fully saturated rings. The molecule has 3 rings (SSSR count). The number of hydrogen-bond acceptors (Lipinski definition) is 2. The van der Waals surface area contributed by atoms with Crippen molar-refractivity contribution in [1.82, 2.24) is 0 Å². The van der Waals surface area contributed by atoms with Crippen LogP contribution in [0.5, 0.6) is 0 Å². The number of aryl methyl sites for hydroxylation is 1. The average molecular weight is 349 g/mol. The first-order valence-electron chi connectivity index (χ1n) is 7.58. The minimum absolute atomic E-state index is 0.367. The fraction of sp³-hybridized carbons (Fsp3) is 0.222. The molecule has 0 saturated carbocycles. The van der Waals surface area contributed by atoms with Crippen LogP contribution in [0.1, 0.15) is 36.0 Å². The van der Waals surface area contributed by atoms with Gasteiger partial charge in [-0.25, -0.2) is 22.3 Å². The summed E-state index contributed by atoms with van der Waals surface area (Å²) in [5, 5.41) is 4.88. The molecule has 0 unspecified atom stereocenters. The number of nitrogens with two attached hydrogens (primary N) is 1. The van der Waals surface area contributed by atoms with E-state index in [1.165, 1.54) is 0 Å². The molecule has 0 atom stereocenters. The Labute approximate surface area is 139 Å². The molecule has 0 aromatic heterocycles. The van der Waals surface area contributed by atoms with E-state index in [1.54, 1.807) is 0 Å². The molecule has 1 aliphatic rings. The Kier molecular flexibility index (Phi) is 4.27. The summed E-state index contributed by atoms with van der Waals surface area (Å²) >= 11 is 0. The van der Waals surface area contributed by atoms with Gasteiger partial charge in [0.15, 0.2) is 4.90 Å². The Morgan fingerprint density at radius 3 is 2.08 bits per heavy atom. The molecule has 6 heteroatoms. The van der Waals surface area contributed by atoms with Crippen LogP contribution in [0.4, 0.5) is 8.78 Å². The van der Waals surface area contributed by atoms with Crippen LogP contribution in [0.25, 0.3) is 11.1 Å². The molecule has 3 nitrogen and oxygen atoms in total. The number of allylic oxidation sites excluding steroid dienone is 2. The van der Waals surface area contributed by atoms with E-state index in [0.717, 1.165) is 47.2 Å². The first-order chi connectivity index (χ1) is 11.3. The van der Waals surface area contributed by atoms with Crippen molar-refractivity contribution in [2.45, 2.75) is 31.1 Å². The van der Waals surface area contributed by atoms with Crippen molar-refractivity contribution < 1.29 is 17.2 Å². The molecule has 0 heterocycles. The lowest BCUT2D eigenvalue weighted by atomic mass is 9.96. The van der Waals surface area contributed by atoms with Gasteiger partial charge in [-0.2, -0.15) is 0 Å². The summed E-state index contributed by atoms with van der Waals surface area (Å²) in [4.78, 5) is -1.08. The highest BCUT2D eigenvalue weighted by Gasteiger charge is 2.24. The lowest BCUT2D eigenvalue weighted by molar-refractivity contribution is 0.519. The first-order valence-corrected chi connectivity index (χ1v) is 9.13. The van der Waals surface area contributed by atoms with E-state index in [-0.39, 0.29) is 0 Å². The summed E-state index contributed by atoms with van der Waals surface area (Å²) in [5.74, 6) is -2.31. The fourth-order valence-corrected chi connectivity index (χ4v) is 3.88. The van der Waals surface area contributed by atoms with Crippen LogP contribution in [0.15, 0.2) is 41.3 Å². The maximum absolute atomic E-state index is 14.1. The maximum Gasteiger partial charge on any atom is 0.243 e. The quantitative estimate of drug-likeness (QED) is 0.910. The molecule has 0 saturated heterocycles. The second-order valence-electron chi connectivity index (χ2n) is 5.99. The summed E-state index contributed by atoms with van der Waals surface area (Å²) in [5.41, 5.74) is 4.39. The summed E-state index contributed by atoms with van der Waals surface area (Å²) in [6.45, 7) is 1.99. The van der Waals surface area contributed by atoms with Gasteiger partial charge in [0.25, 0.3) is 0 Å². The number of halogens is 2. The molecule has 126 valence electrons. The largest absolute Gasteiger partial charge is 0.243 e. The van der Waals surface area contributed by atoms with Gasteiger partial charge in [-0.3, -0.25) is 0 Å². The van der Waals surface area contributed by atoms with Gasteiger partial charge in [0.05, 0.1) is 0 Å². The van der Waals surface area contributed by atoms with Crippen molar-refractivity contribution >= 4 is 21.2 Å². The first kappa shape index (κ1) is 16.8. The van der Waals surface area contributed by atoms with E-state index in [9.17, 15) is 17.2 Å². The molecule has 24 heavy (non-hydrogen) atoms. The SMILES string of the molecule is Cc1cccc(C2=C(c3cc(F)c(S(N)(=O)=O)c(F)c3)CCC2)c1. The van der Waals surface area contributed by atoms with E-state index in [2.05, 4.69) is 0 Å². The molecule has 0 aliphatic heterocycles. The van der Waals surface area contributed by atoms with Crippen molar-refractivity contribution in [3.63, 3.8) is 0 Å². The van der Waals surface area contributed by atoms with E-state index in [1.807, 2.05) is 31.2 Å². The Morgan fingerprint density at radius 1 is 0.958 bits per heavy atom. The van der Waals surface area contributed by atoms with Crippen LogP contribution in [0, 0.1) is 18.6 Å². The molecule has 2 N–H and O–H groups in total. The minimum atomic E-state index is -4.44. The number of benzene rings is 2. The van der Waals surface area contributed by atoms with Crippen LogP contribution in [0.3, 0.4) is 0 Å². The summed E-state index contributed by atoms with van der Waals surface area (Å²) in [6, 6.07) is 10.0. The summed E-state index contributed by atoms with van der Waals surface area (Å²) in [7, 11) is -4.44. The van der Waals surface area contributed by atoms with E-state index >= 15 is 0 Å². The number of primary sulfonamides is 1. The molecule has 1 aliphatic carbocycles. The predicted octanol–water partition coefficient (Wildman–Crippen LogP) is 4.02. The second-order valence-corrected chi connectivity index (χ2v) is 7.49. The standard InChI is InChI=1S/C18H17F2NO2S/c1-11-4-2-5-12(8-11)14-6-3-7-15(14)13-9-16(19)18(17(20)10-13)24(21,22)23/h2,4-5,8-10H,3,6-7H2,1H3,(H2,21,22,23). The monoisotopic (exact) mass is 349 g/mol. The van der Waals surface area contributed by atoms with Crippen molar-refractivity contribution in [1.29, 1.82) is 0 Å². The zero-order valence-corrected chi connectivity index (χ0v) is 14.0. The van der Waals surface area contributed by atoms with Gasteiger partial charge < -0.3 is 0 Å². The van der Waals surface area contributed by atoms with Crippen molar-refractivity contribution in [3.05, 3.63) is 64.7 Å². The number of hydrogen-bond donors (Lipinski definition) is 1. The van der Waals surface area contributed by atoms with Crippen LogP contribution >= 0.6 is 0 Å². The van der Waals surface area contributed by atoms with Crippen LogP contribution in [0.2, 0.25) is 0 Å². The Bertz CT molecular complexity index is 926. The maximum atomic E-state index is 14.1. The third-order valence-electron chi connectivity index (χ3n) is 4.22. The van der Waals surface area contributed by atoms with Gasteiger partial charge in [-0.1, -0.05) is 29.8 Å². The Morgan fingerprint density at radius 2 is 1.54 bits per heavy atom. The third kappa shape index (κ3) is 3.12. The van der Waals surface area contributed by atoms with Crippen molar-refractivity contribution in [2.24, 2.45) is 5.14 Å². The van der Waals surface area contributed by atoms with Gasteiger partial charge in [0.1, 0.15) is 11.6 Å². The van der Waals surface area contributed by atoms with Gasteiger partial charge in [0, 0.05) is 0 Å². The topological polar surface area (TPSA) is 60.2 Å². The molecule has 2 aromatic carbocycles. The highest BCUT2D eigenvalue weighted by Crippen LogP contribution is 2.40. The van der Waals surface area contributed by atoms with Crippen LogP contribution < -0.4 is 5.14 Å². The van der Waals surface area contributed by atoms with E-state index in [0.29, 0.717) is 12.0 Å². The summed E-state index contributed by atoms with van der Waals surface area (Å²) < 4.78 is 50.9. The average Bonchev–Trinajstić information content (AvgIpc) is 2.94. The van der Waals surface area contributed by atoms with E-state index < -0.39 is 26.6 Å². The van der Waals surface area contributed by atoms with Crippen LogP contribution in [-0.2, 0) is 10.0 Å². The number of rotatable bonds is 3. The Hall–Kier alpha value is -2.05. The highest BCUT2D eigenvalue weighted by molar-refractivity contribution is 7.89. The second kappa shape index (κ2) is 6.11. The Balaban J connectivity index is 2.16. The zero-order chi connectivity index (χ0) is 17.5. The van der Waals surface area contributed by atoms with E-state index in [4.69, 9.17) is 5.14 Å². The summed E-state index contributed by atoms with van der Waals surface area (Å²) in [6.07, 6.45) is 2.40. The van der Waals surface area contributed by atoms with Crippen LogP contribution in [-0.4, -0.2) is 8.42 Å². The lowest BCUT2D eigenvalue weighted by Gasteiger charge is -2.11. The molecule has 2 aromatic rings. The predicted molar refractivity (Wildman–Crippen MR) is 89.6 cm³/mol. The molecule has 0 bridgehead atoms. The molecule has 0 radical (unpaired) electrons. The lowest BCUT2D eigenvalue weighted by Crippen LogP contribution is -2.16. The van der Waals surface area contributed by atoms with Crippen molar-refractivity contribution in [3.8, 4) is 0 Å². The molecular formula is C18H17F2NO2S. The van der Waals surface area contributed by atoms with Gasteiger partial charge in [0.2, 0.25) is 10.0 Å². The van der Waals surface area contributed by atoms with Crippen molar-refractivity contribution in [2.75, 3.05) is 0 Å². The molecular weight excluding hydrogens is 332 g/mol. The smallest absolute Gasteiger partial charge is 0.224 e. The molecule has 0 spiro atoms. The van der Waals surface area contributed by atoms with Gasteiger partial charge in [-0.05, 0) is 60.6 Å². The normalized spacial score (nSPS) is 15.2. The fourth-order valence-electron chi connectivity index (χ4n) is 3.22. The minimum Gasteiger partial charge on any atom is -0.224 e. The number of sulfonamides is 1. The molecule has 0 amide bonds. The highest BCUT2D eigenvalue weighted by atomic mass is 32.2. The zero-order valence-electron chi connectivity index (χ0n) is 13.1. The van der Waals surface area contributed by atoms with Gasteiger partial charge in [-0.15, -0.1) is 0 Å².